The second-order valence-electron chi connectivity index (χ2n) is 8.31. The summed E-state index contributed by atoms with van der Waals surface area (Å²) in [7, 11) is 0. The van der Waals surface area contributed by atoms with Crippen molar-refractivity contribution in [2.45, 2.75) is 26.8 Å². The van der Waals surface area contributed by atoms with Gasteiger partial charge in [-0.3, -0.25) is 9.48 Å². The van der Waals surface area contributed by atoms with E-state index in [1.165, 1.54) is 12.3 Å². The number of fused-ring (bicyclic) bond motifs is 1. The number of hydrogen-bond acceptors (Lipinski definition) is 4. The van der Waals surface area contributed by atoms with Gasteiger partial charge in [-0.25, -0.2) is 18.3 Å². The van der Waals surface area contributed by atoms with Gasteiger partial charge in [0, 0.05) is 10.6 Å². The quantitative estimate of drug-likeness (QED) is 0.302. The number of aryl methyl sites for hydroxylation is 1. The van der Waals surface area contributed by atoms with Gasteiger partial charge in [-0.1, -0.05) is 54.1 Å². The zero-order chi connectivity index (χ0) is 25.4. The molecule has 0 aliphatic rings. The Hall–Kier alpha value is -4.11. The van der Waals surface area contributed by atoms with Crippen LogP contribution in [-0.2, 0) is 6.54 Å². The minimum atomic E-state index is -2.80. The molecule has 2 aromatic carbocycles. The van der Waals surface area contributed by atoms with Crippen LogP contribution < -0.4 is 5.32 Å². The average Bonchev–Trinajstić information content (AvgIpc) is 3.41. The van der Waals surface area contributed by atoms with Crippen LogP contribution in [0.5, 0.6) is 0 Å². The summed E-state index contributed by atoms with van der Waals surface area (Å²) in [5.74, 6) is -0.514. The Labute approximate surface area is 210 Å². The molecule has 0 saturated carbocycles. The Morgan fingerprint density at radius 1 is 1.08 bits per heavy atom. The maximum atomic E-state index is 13.9. The molecule has 3 aromatic heterocycles. The molecule has 0 saturated heterocycles. The Bertz CT molecular complexity index is 1560. The van der Waals surface area contributed by atoms with Crippen molar-refractivity contribution < 1.29 is 13.6 Å². The zero-order valence-electron chi connectivity index (χ0n) is 19.4. The lowest BCUT2D eigenvalue weighted by molar-refractivity contribution is 0.102. The summed E-state index contributed by atoms with van der Waals surface area (Å²) in [5, 5.41) is 12.1. The highest BCUT2D eigenvalue weighted by Gasteiger charge is 2.23. The number of aromatic nitrogens is 5. The fourth-order valence-corrected chi connectivity index (χ4v) is 4.16. The number of benzene rings is 2. The Morgan fingerprint density at radius 2 is 1.81 bits per heavy atom. The van der Waals surface area contributed by atoms with E-state index in [1.54, 1.807) is 48.0 Å². The van der Waals surface area contributed by atoms with Crippen molar-refractivity contribution >= 4 is 28.8 Å². The third kappa shape index (κ3) is 4.45. The SMILES string of the molecule is Cc1nn(Cc2ccc(Cl)cc2)c(C)c1NC(=O)c1cnn2c(C(F)F)cc(-c3ccccc3)nc12. The van der Waals surface area contributed by atoms with Gasteiger partial charge in [0.2, 0.25) is 0 Å². The zero-order valence-corrected chi connectivity index (χ0v) is 20.2. The minimum absolute atomic E-state index is 0.0491. The molecule has 0 bridgehead atoms. The van der Waals surface area contributed by atoms with Crippen LogP contribution in [-0.4, -0.2) is 30.3 Å². The number of rotatable bonds is 6. The molecule has 1 N–H and O–H groups in total. The highest BCUT2D eigenvalue weighted by Crippen LogP contribution is 2.28. The number of alkyl halides is 2. The molecule has 3 heterocycles. The summed E-state index contributed by atoms with van der Waals surface area (Å²) >= 11 is 5.97. The van der Waals surface area contributed by atoms with Crippen LogP contribution in [0, 0.1) is 13.8 Å². The number of halogens is 3. The van der Waals surface area contributed by atoms with Gasteiger partial charge in [-0.15, -0.1) is 0 Å². The molecule has 0 fully saturated rings. The smallest absolute Gasteiger partial charge is 0.280 e. The van der Waals surface area contributed by atoms with E-state index < -0.39 is 12.3 Å². The van der Waals surface area contributed by atoms with E-state index in [0.717, 1.165) is 15.8 Å². The number of carbonyl (C=O) groups is 1. The lowest BCUT2D eigenvalue weighted by Crippen LogP contribution is -2.14. The van der Waals surface area contributed by atoms with Crippen molar-refractivity contribution in [2.75, 3.05) is 5.32 Å². The van der Waals surface area contributed by atoms with Gasteiger partial charge >= 0.3 is 0 Å². The maximum absolute atomic E-state index is 13.9. The number of nitrogens with zero attached hydrogens (tertiary/aromatic N) is 5. The standard InChI is InChI=1S/C26H21ClF2N6O/c1-15-23(16(2)34(33-15)14-17-8-10-19(27)11-9-17)32-26(36)20-13-30-35-22(24(28)29)12-21(31-25(20)35)18-6-4-3-5-7-18/h3-13,24H,14H2,1-2H3,(H,32,36). The predicted octanol–water partition coefficient (Wildman–Crippen LogP) is 6.10. The lowest BCUT2D eigenvalue weighted by atomic mass is 10.1. The Morgan fingerprint density at radius 3 is 2.50 bits per heavy atom. The summed E-state index contributed by atoms with van der Waals surface area (Å²) in [6.07, 6.45) is -1.55. The second kappa shape index (κ2) is 9.50. The van der Waals surface area contributed by atoms with Gasteiger partial charge in [-0.05, 0) is 37.6 Å². The molecule has 10 heteroatoms. The van der Waals surface area contributed by atoms with E-state index >= 15 is 0 Å². The van der Waals surface area contributed by atoms with E-state index in [9.17, 15) is 13.6 Å². The van der Waals surface area contributed by atoms with Crippen LogP contribution in [0.3, 0.4) is 0 Å². The molecule has 0 spiro atoms. The first-order chi connectivity index (χ1) is 17.3. The van der Waals surface area contributed by atoms with Crippen LogP contribution >= 0.6 is 11.6 Å². The van der Waals surface area contributed by atoms with Crippen LogP contribution in [0.25, 0.3) is 16.9 Å². The number of nitrogens with one attached hydrogen (secondary N) is 1. The maximum Gasteiger partial charge on any atom is 0.280 e. The Balaban J connectivity index is 1.49. The van der Waals surface area contributed by atoms with E-state index in [2.05, 4.69) is 20.5 Å². The third-order valence-electron chi connectivity index (χ3n) is 5.90. The number of hydrogen-bond donors (Lipinski definition) is 1. The molecule has 0 aliphatic heterocycles. The predicted molar refractivity (Wildman–Crippen MR) is 134 cm³/mol. The van der Waals surface area contributed by atoms with Gasteiger partial charge in [0.1, 0.15) is 11.3 Å². The van der Waals surface area contributed by atoms with E-state index in [-0.39, 0.29) is 16.9 Å². The lowest BCUT2D eigenvalue weighted by Gasteiger charge is -2.09. The van der Waals surface area contributed by atoms with Crippen molar-refractivity contribution in [3.05, 3.63) is 100 Å². The normalized spacial score (nSPS) is 11.4. The third-order valence-corrected chi connectivity index (χ3v) is 6.15. The van der Waals surface area contributed by atoms with Crippen molar-refractivity contribution in [1.29, 1.82) is 0 Å². The molecule has 182 valence electrons. The molecule has 0 atom stereocenters. The molecule has 5 rings (SSSR count). The topological polar surface area (TPSA) is 77.1 Å². The summed E-state index contributed by atoms with van der Waals surface area (Å²) in [5.41, 5.74) is 3.69. The van der Waals surface area contributed by atoms with Gasteiger partial charge in [0.05, 0.1) is 35.5 Å². The first-order valence-electron chi connectivity index (χ1n) is 11.1. The summed E-state index contributed by atoms with van der Waals surface area (Å²) in [6.45, 7) is 4.14. The molecule has 0 unspecified atom stereocenters. The number of carbonyl (C=O) groups excluding carboxylic acids is 1. The average molecular weight is 507 g/mol. The van der Waals surface area contributed by atoms with Gasteiger partial charge in [0.25, 0.3) is 12.3 Å². The Kier molecular flexibility index (Phi) is 6.24. The van der Waals surface area contributed by atoms with Crippen LogP contribution in [0.2, 0.25) is 5.02 Å². The van der Waals surface area contributed by atoms with E-state index in [1.807, 2.05) is 25.1 Å². The van der Waals surface area contributed by atoms with E-state index in [4.69, 9.17) is 11.6 Å². The fourth-order valence-electron chi connectivity index (χ4n) is 4.03. The fraction of sp³-hybridized carbons (Fsp3) is 0.154. The number of anilines is 1. The summed E-state index contributed by atoms with van der Waals surface area (Å²) < 4.78 is 30.5. The van der Waals surface area contributed by atoms with Gasteiger partial charge in [-0.2, -0.15) is 10.2 Å². The van der Waals surface area contributed by atoms with Crippen molar-refractivity contribution in [2.24, 2.45) is 0 Å². The van der Waals surface area contributed by atoms with Crippen LogP contribution in [0.1, 0.15) is 39.4 Å². The molecule has 5 aromatic rings. The van der Waals surface area contributed by atoms with Gasteiger partial charge < -0.3 is 5.32 Å². The van der Waals surface area contributed by atoms with Crippen LogP contribution in [0.4, 0.5) is 14.5 Å². The first-order valence-corrected chi connectivity index (χ1v) is 11.5. The second-order valence-corrected chi connectivity index (χ2v) is 8.75. The minimum Gasteiger partial charge on any atom is -0.319 e. The molecule has 0 radical (unpaired) electrons. The van der Waals surface area contributed by atoms with Gasteiger partial charge in [0.15, 0.2) is 5.65 Å². The number of amides is 1. The van der Waals surface area contributed by atoms with Crippen molar-refractivity contribution in [1.82, 2.24) is 24.4 Å². The molecule has 7 nitrogen and oxygen atoms in total. The molecular formula is C26H21ClF2N6O. The van der Waals surface area contributed by atoms with E-state index in [0.29, 0.717) is 34.2 Å². The van der Waals surface area contributed by atoms with Crippen molar-refractivity contribution in [3.63, 3.8) is 0 Å². The molecular weight excluding hydrogens is 486 g/mol. The highest BCUT2D eigenvalue weighted by molar-refractivity contribution is 6.30. The monoisotopic (exact) mass is 506 g/mol. The molecule has 36 heavy (non-hydrogen) atoms. The first kappa shape index (κ1) is 23.6. The summed E-state index contributed by atoms with van der Waals surface area (Å²) in [4.78, 5) is 17.8. The largest absolute Gasteiger partial charge is 0.319 e. The van der Waals surface area contributed by atoms with Crippen LogP contribution in [0.15, 0.2) is 66.9 Å². The highest BCUT2D eigenvalue weighted by atomic mass is 35.5. The van der Waals surface area contributed by atoms with Crippen molar-refractivity contribution in [3.8, 4) is 11.3 Å². The molecule has 0 aliphatic carbocycles. The summed E-state index contributed by atoms with van der Waals surface area (Å²) in [6, 6.07) is 17.7. The molecule has 1 amide bonds.